The summed E-state index contributed by atoms with van der Waals surface area (Å²) in [6, 6.07) is 4.59. The molecule has 1 atom stereocenters. The molecule has 1 aromatic carbocycles. The number of piperidine rings is 1. The molecule has 0 aliphatic carbocycles. The average Bonchev–Trinajstić information content (AvgIpc) is 2.50. The first kappa shape index (κ1) is 16.9. The number of hydrogen-bond acceptors (Lipinski definition) is 3. The third kappa shape index (κ3) is 4.27. The van der Waals surface area contributed by atoms with Gasteiger partial charge in [0, 0.05) is 18.1 Å². The maximum Gasteiger partial charge on any atom is 0.321 e. The van der Waals surface area contributed by atoms with Crippen LogP contribution in [0.15, 0.2) is 18.2 Å². The molecule has 1 aromatic rings. The van der Waals surface area contributed by atoms with Gasteiger partial charge in [0.2, 0.25) is 0 Å². The molecule has 22 heavy (non-hydrogen) atoms. The van der Waals surface area contributed by atoms with Crippen molar-refractivity contribution in [1.29, 1.82) is 0 Å². The predicted octanol–water partition coefficient (Wildman–Crippen LogP) is 3.80. The summed E-state index contributed by atoms with van der Waals surface area (Å²) < 4.78 is 5.03. The van der Waals surface area contributed by atoms with Crippen LogP contribution in [0.1, 0.15) is 19.8 Å². The largest absolute Gasteiger partial charge is 0.466 e. The zero-order valence-electron chi connectivity index (χ0n) is 12.3. The van der Waals surface area contributed by atoms with Crippen LogP contribution < -0.4 is 5.32 Å². The Labute approximate surface area is 139 Å². The molecule has 1 saturated heterocycles. The summed E-state index contributed by atoms with van der Waals surface area (Å²) in [5.74, 6) is -0.510. The third-order valence-electron chi connectivity index (χ3n) is 3.50. The highest BCUT2D eigenvalue weighted by molar-refractivity contribution is 6.36. The van der Waals surface area contributed by atoms with Gasteiger partial charge in [-0.2, -0.15) is 0 Å². The molecule has 0 unspecified atom stereocenters. The van der Waals surface area contributed by atoms with Crippen LogP contribution in [0.5, 0.6) is 0 Å². The molecule has 2 amide bonds. The number of esters is 1. The summed E-state index contributed by atoms with van der Waals surface area (Å²) in [4.78, 5) is 25.7. The Hall–Kier alpha value is -1.46. The van der Waals surface area contributed by atoms with Crippen molar-refractivity contribution in [1.82, 2.24) is 4.90 Å². The highest BCUT2D eigenvalue weighted by atomic mass is 35.5. The highest BCUT2D eigenvalue weighted by Crippen LogP contribution is 2.26. The fraction of sp³-hybridized carbons (Fsp3) is 0.467. The summed E-state index contributed by atoms with van der Waals surface area (Å²) in [5.41, 5.74) is 0.495. The van der Waals surface area contributed by atoms with Crippen molar-refractivity contribution >= 4 is 40.9 Å². The monoisotopic (exact) mass is 344 g/mol. The number of nitrogens with one attached hydrogen (secondary N) is 1. The van der Waals surface area contributed by atoms with E-state index in [0.717, 1.165) is 12.8 Å². The van der Waals surface area contributed by atoms with Crippen molar-refractivity contribution in [2.24, 2.45) is 5.92 Å². The summed E-state index contributed by atoms with van der Waals surface area (Å²) in [5, 5.41) is 3.62. The van der Waals surface area contributed by atoms with Gasteiger partial charge in [-0.15, -0.1) is 0 Å². The number of rotatable bonds is 3. The zero-order valence-corrected chi connectivity index (χ0v) is 13.8. The van der Waals surface area contributed by atoms with Crippen molar-refractivity contribution in [2.45, 2.75) is 19.8 Å². The predicted molar refractivity (Wildman–Crippen MR) is 86.4 cm³/mol. The second kappa shape index (κ2) is 7.70. The second-order valence-corrected chi connectivity index (χ2v) is 5.94. The Morgan fingerprint density at radius 3 is 2.86 bits per heavy atom. The molecule has 5 nitrogen and oxygen atoms in total. The van der Waals surface area contributed by atoms with Gasteiger partial charge in [-0.3, -0.25) is 4.79 Å². The van der Waals surface area contributed by atoms with Crippen LogP contribution in [0.2, 0.25) is 10.0 Å². The fourth-order valence-electron chi connectivity index (χ4n) is 2.40. The lowest BCUT2D eigenvalue weighted by Crippen LogP contribution is -2.44. The molecule has 0 bridgehead atoms. The van der Waals surface area contributed by atoms with Gasteiger partial charge < -0.3 is 15.0 Å². The Bertz CT molecular complexity index is 566. The molecule has 1 heterocycles. The van der Waals surface area contributed by atoms with Crippen molar-refractivity contribution in [3.8, 4) is 0 Å². The first-order valence-electron chi connectivity index (χ1n) is 7.19. The fourth-order valence-corrected chi connectivity index (χ4v) is 2.85. The number of carbonyl (C=O) groups excluding carboxylic acids is 2. The second-order valence-electron chi connectivity index (χ2n) is 5.09. The molecular weight excluding hydrogens is 327 g/mol. The van der Waals surface area contributed by atoms with E-state index in [1.165, 1.54) is 0 Å². The SMILES string of the molecule is CCOC(=O)[C@@H]1CCCN(C(=O)Nc2ccc(Cl)cc2Cl)C1. The Morgan fingerprint density at radius 2 is 2.18 bits per heavy atom. The van der Waals surface area contributed by atoms with E-state index >= 15 is 0 Å². The lowest BCUT2D eigenvalue weighted by atomic mass is 9.98. The smallest absolute Gasteiger partial charge is 0.321 e. The number of urea groups is 1. The molecule has 7 heteroatoms. The first-order valence-corrected chi connectivity index (χ1v) is 7.94. The van der Waals surface area contributed by atoms with E-state index in [9.17, 15) is 9.59 Å². The van der Waals surface area contributed by atoms with E-state index in [2.05, 4.69) is 5.32 Å². The van der Waals surface area contributed by atoms with Crippen LogP contribution in [0.3, 0.4) is 0 Å². The summed E-state index contributed by atoms with van der Waals surface area (Å²) >= 11 is 11.9. The Kier molecular flexibility index (Phi) is 5.91. The molecule has 1 N–H and O–H groups in total. The van der Waals surface area contributed by atoms with Crippen molar-refractivity contribution < 1.29 is 14.3 Å². The zero-order chi connectivity index (χ0) is 16.1. The number of anilines is 1. The summed E-state index contributed by atoms with van der Waals surface area (Å²) in [6.45, 7) is 3.08. The van der Waals surface area contributed by atoms with Gasteiger partial charge in [0.15, 0.2) is 0 Å². The minimum absolute atomic E-state index is 0.246. The number of amides is 2. The van der Waals surface area contributed by atoms with Gasteiger partial charge >= 0.3 is 12.0 Å². The molecule has 0 spiro atoms. The van der Waals surface area contributed by atoms with Gasteiger partial charge in [0.1, 0.15) is 0 Å². The van der Waals surface area contributed by atoms with Gasteiger partial charge in [-0.1, -0.05) is 23.2 Å². The van der Waals surface area contributed by atoms with Crippen molar-refractivity contribution in [3.63, 3.8) is 0 Å². The van der Waals surface area contributed by atoms with E-state index in [1.54, 1.807) is 30.0 Å². The molecule has 120 valence electrons. The third-order valence-corrected chi connectivity index (χ3v) is 4.05. The number of carbonyl (C=O) groups is 2. The Balaban J connectivity index is 1.98. The van der Waals surface area contributed by atoms with E-state index in [4.69, 9.17) is 27.9 Å². The standard InChI is InChI=1S/C15H18Cl2N2O3/c1-2-22-14(20)10-4-3-7-19(9-10)15(21)18-13-6-5-11(16)8-12(13)17/h5-6,8,10H,2-4,7,9H2,1H3,(H,18,21)/t10-/m1/s1. The molecule has 0 saturated carbocycles. The minimum Gasteiger partial charge on any atom is -0.466 e. The van der Waals surface area contributed by atoms with Crippen LogP contribution in [-0.2, 0) is 9.53 Å². The lowest BCUT2D eigenvalue weighted by Gasteiger charge is -2.31. The molecule has 1 fully saturated rings. The number of nitrogens with zero attached hydrogens (tertiary/aromatic N) is 1. The van der Waals surface area contributed by atoms with Crippen LogP contribution in [0, 0.1) is 5.92 Å². The number of benzene rings is 1. The van der Waals surface area contributed by atoms with Gasteiger partial charge in [-0.25, -0.2) is 4.79 Å². The quantitative estimate of drug-likeness (QED) is 0.848. The molecule has 1 aliphatic rings. The van der Waals surface area contributed by atoms with E-state index in [0.29, 0.717) is 35.4 Å². The highest BCUT2D eigenvalue weighted by Gasteiger charge is 2.29. The maximum atomic E-state index is 12.3. The van der Waals surface area contributed by atoms with Gasteiger partial charge in [0.05, 0.1) is 23.2 Å². The number of ether oxygens (including phenoxy) is 1. The van der Waals surface area contributed by atoms with E-state index in [-0.39, 0.29) is 17.9 Å². The van der Waals surface area contributed by atoms with Gasteiger partial charge in [-0.05, 0) is 38.0 Å². The maximum absolute atomic E-state index is 12.3. The summed E-state index contributed by atoms with van der Waals surface area (Å²) in [7, 11) is 0. The first-order chi connectivity index (χ1) is 10.5. The molecule has 0 aromatic heterocycles. The van der Waals surface area contributed by atoms with E-state index in [1.807, 2.05) is 0 Å². The molecular formula is C15H18Cl2N2O3. The summed E-state index contributed by atoms with van der Waals surface area (Å²) in [6.07, 6.45) is 1.51. The Morgan fingerprint density at radius 1 is 1.41 bits per heavy atom. The molecule has 0 radical (unpaired) electrons. The normalized spacial score (nSPS) is 18.0. The molecule has 1 aliphatic heterocycles. The van der Waals surface area contributed by atoms with Crippen molar-refractivity contribution in [3.05, 3.63) is 28.2 Å². The average molecular weight is 345 g/mol. The van der Waals surface area contributed by atoms with Crippen LogP contribution in [0.25, 0.3) is 0 Å². The van der Waals surface area contributed by atoms with Gasteiger partial charge in [0.25, 0.3) is 0 Å². The minimum atomic E-state index is -0.279. The lowest BCUT2D eigenvalue weighted by molar-refractivity contribution is -0.149. The van der Waals surface area contributed by atoms with E-state index < -0.39 is 0 Å². The van der Waals surface area contributed by atoms with Crippen LogP contribution >= 0.6 is 23.2 Å². The van der Waals surface area contributed by atoms with Crippen LogP contribution in [0.4, 0.5) is 10.5 Å². The number of likely N-dealkylation sites (tertiary alicyclic amines) is 1. The van der Waals surface area contributed by atoms with Crippen LogP contribution in [-0.4, -0.2) is 36.6 Å². The van der Waals surface area contributed by atoms with Crippen molar-refractivity contribution in [2.75, 3.05) is 25.0 Å². The number of hydrogen-bond donors (Lipinski definition) is 1. The topological polar surface area (TPSA) is 58.6 Å². The molecule has 2 rings (SSSR count). The number of halogens is 2.